The van der Waals surface area contributed by atoms with Gasteiger partial charge in [0.1, 0.15) is 0 Å². The average Bonchev–Trinajstić information content (AvgIpc) is 1.91. The predicted octanol–water partition coefficient (Wildman–Crippen LogP) is 0.952. The summed E-state index contributed by atoms with van der Waals surface area (Å²) in [5.74, 6) is 0. The molecule has 0 saturated heterocycles. The molecule has 0 spiro atoms. The maximum absolute atomic E-state index is 6.75. The topological polar surface area (TPSA) is 156 Å². The van der Waals surface area contributed by atoms with Crippen molar-refractivity contribution < 1.29 is 36.7 Å². The molecule has 0 saturated carbocycles. The standard InChI is InChI=1S/C2H6N2.2HNO2.Ni/c3-1-2-4;2*2-1-3;/h3-4H,1-2H2;2*(H,2,3);/q-2;;;+2/p+2. The molecule has 0 amide bonds. The van der Waals surface area contributed by atoms with E-state index in [1.165, 1.54) is 10.7 Å². The van der Waals surface area contributed by atoms with E-state index in [1.807, 2.05) is 0 Å². The van der Waals surface area contributed by atoms with Crippen LogP contribution in [-0.4, -0.2) is 33.3 Å². The molecule has 0 radical (unpaired) electrons. The third-order valence-electron chi connectivity index (χ3n) is 0.125. The Morgan fingerprint density at radius 1 is 1.00 bits per heavy atom. The largest absolute Gasteiger partial charge is 2.00 e. The Morgan fingerprint density at radius 2 is 1.09 bits per heavy atom. The molecule has 0 heterocycles. The summed E-state index contributed by atoms with van der Waals surface area (Å²) < 4.78 is 0. The first-order valence-electron chi connectivity index (χ1n) is 2.01. The summed E-state index contributed by atoms with van der Waals surface area (Å²) in [5, 5.41) is 16.5. The van der Waals surface area contributed by atoms with Crippen molar-refractivity contribution in [2.24, 2.45) is 10.7 Å². The minimum absolute atomic E-state index is 0. The molecular weight excluding hydrogens is 203 g/mol. The van der Waals surface area contributed by atoms with E-state index in [4.69, 9.17) is 31.7 Å². The first-order valence-corrected chi connectivity index (χ1v) is 2.01. The van der Waals surface area contributed by atoms with Crippen molar-refractivity contribution in [2.75, 3.05) is 13.1 Å². The summed E-state index contributed by atoms with van der Waals surface area (Å²) in [6.07, 6.45) is 0. The van der Waals surface area contributed by atoms with Crippen LogP contribution in [0.3, 0.4) is 0 Å². The number of nitrogens with zero attached hydrogens (tertiary/aromatic N) is 2. The smallest absolute Gasteiger partial charge is 0.679 e. The molecule has 11 heavy (non-hydrogen) atoms. The summed E-state index contributed by atoms with van der Waals surface area (Å²) in [7, 11) is 0. The van der Waals surface area contributed by atoms with Gasteiger partial charge in [-0.25, -0.2) is 20.2 Å². The molecular formula is C2H10N4NiO4+2. The van der Waals surface area contributed by atoms with Crippen molar-refractivity contribution in [3.8, 4) is 0 Å². The molecule has 0 rings (SSSR count). The molecule has 6 N–H and O–H groups in total. The molecule has 0 unspecified atom stereocenters. The fourth-order valence-electron chi connectivity index (χ4n) is 0. The van der Waals surface area contributed by atoms with Gasteiger partial charge in [-0.05, 0) is 0 Å². The summed E-state index contributed by atoms with van der Waals surface area (Å²) in [4.78, 5) is 13.5. The molecule has 0 aliphatic heterocycles. The minimum atomic E-state index is 0. The number of nitrogens with one attached hydrogen (secondary N) is 2. The van der Waals surface area contributed by atoms with Gasteiger partial charge in [0.15, 0.2) is 0 Å². The number of rotatable bonds is 1. The maximum Gasteiger partial charge on any atom is 2.00 e. The molecule has 0 aliphatic carbocycles. The Kier molecular flexibility index (Phi) is 123. The quantitative estimate of drug-likeness (QED) is 0.377. The van der Waals surface area contributed by atoms with E-state index < -0.39 is 0 Å². The van der Waals surface area contributed by atoms with Crippen LogP contribution >= 0.6 is 0 Å². The average molecular weight is 213 g/mol. The van der Waals surface area contributed by atoms with Gasteiger partial charge in [0, 0.05) is 0 Å². The molecule has 0 aromatic heterocycles. The first-order chi connectivity index (χ1) is 4.74. The molecule has 0 fully saturated rings. The van der Waals surface area contributed by atoms with Crippen LogP contribution in [0.15, 0.2) is 10.7 Å². The second-order valence-electron chi connectivity index (χ2n) is 0.679. The minimum Gasteiger partial charge on any atom is -0.679 e. The zero-order valence-electron chi connectivity index (χ0n) is 5.41. The summed E-state index contributed by atoms with van der Waals surface area (Å²) >= 11 is 0. The molecule has 0 aromatic rings. The van der Waals surface area contributed by atoms with Gasteiger partial charge < -0.3 is 11.5 Å². The van der Waals surface area contributed by atoms with Crippen LogP contribution in [0.4, 0.5) is 0 Å². The van der Waals surface area contributed by atoms with Gasteiger partial charge in [-0.2, -0.15) is 13.1 Å². The van der Waals surface area contributed by atoms with Crippen molar-refractivity contribution in [3.63, 3.8) is 0 Å². The van der Waals surface area contributed by atoms with E-state index in [0.29, 0.717) is 0 Å². The number of hydrogen-bond acceptors (Lipinski definition) is 2. The Labute approximate surface area is 72.7 Å². The van der Waals surface area contributed by atoms with Gasteiger partial charge in [-0.15, -0.1) is 0 Å². The Bertz CT molecular complexity index is 56.1. The van der Waals surface area contributed by atoms with Gasteiger partial charge in [0.05, 0.1) is 0 Å². The van der Waals surface area contributed by atoms with E-state index in [9.17, 15) is 0 Å². The maximum atomic E-state index is 6.75. The third-order valence-corrected chi connectivity index (χ3v) is 0.125. The first kappa shape index (κ1) is 22.5. The SMILES string of the molecule is ON=[OH+].ON=[OH+].[NH-]CC[NH-].[Ni+2]. The Morgan fingerprint density at radius 3 is 1.09 bits per heavy atom. The van der Waals surface area contributed by atoms with Crippen LogP contribution in [0.25, 0.3) is 11.5 Å². The number of hydrogen-bond donors (Lipinski definition) is 2. The second kappa shape index (κ2) is 60.2. The summed E-state index contributed by atoms with van der Waals surface area (Å²) in [6.45, 7) is 0.472. The molecule has 0 aliphatic rings. The molecule has 0 bridgehead atoms. The van der Waals surface area contributed by atoms with E-state index in [-0.39, 0.29) is 29.6 Å². The Hall–Kier alpha value is -0.786. The summed E-state index contributed by atoms with van der Waals surface area (Å²) in [6, 6.07) is 0. The Balaban J connectivity index is -0.0000000325. The van der Waals surface area contributed by atoms with E-state index in [0.717, 1.165) is 0 Å². The van der Waals surface area contributed by atoms with E-state index in [2.05, 4.69) is 0 Å². The molecule has 70 valence electrons. The molecule has 0 atom stereocenters. The van der Waals surface area contributed by atoms with Crippen molar-refractivity contribution in [2.45, 2.75) is 0 Å². The van der Waals surface area contributed by atoms with Gasteiger partial charge in [0.2, 0.25) is 0 Å². The van der Waals surface area contributed by atoms with Crippen LogP contribution in [0.2, 0.25) is 0 Å². The van der Waals surface area contributed by atoms with Crippen LogP contribution < -0.4 is 0 Å². The van der Waals surface area contributed by atoms with Crippen molar-refractivity contribution in [3.05, 3.63) is 11.5 Å². The predicted molar refractivity (Wildman–Crippen MR) is 30.7 cm³/mol. The van der Waals surface area contributed by atoms with Crippen molar-refractivity contribution >= 4 is 0 Å². The zero-order chi connectivity index (χ0) is 8.83. The third kappa shape index (κ3) is 10500. The van der Waals surface area contributed by atoms with Crippen molar-refractivity contribution in [1.29, 1.82) is 0 Å². The zero-order valence-corrected chi connectivity index (χ0v) is 6.40. The van der Waals surface area contributed by atoms with Gasteiger partial charge in [-0.3, -0.25) is 0 Å². The molecule has 0 aromatic carbocycles. The second-order valence-corrected chi connectivity index (χ2v) is 0.679. The van der Waals surface area contributed by atoms with Crippen molar-refractivity contribution in [1.82, 2.24) is 0 Å². The van der Waals surface area contributed by atoms with E-state index >= 15 is 0 Å². The van der Waals surface area contributed by atoms with E-state index in [1.54, 1.807) is 0 Å². The fourth-order valence-corrected chi connectivity index (χ4v) is 0. The normalized spacial score (nSPS) is 4.91. The molecule has 9 heteroatoms. The molecule has 8 nitrogen and oxygen atoms in total. The summed E-state index contributed by atoms with van der Waals surface area (Å²) in [5.41, 5.74) is 12.5. The van der Waals surface area contributed by atoms with Crippen LogP contribution in [0, 0.1) is 0 Å². The fraction of sp³-hybridized carbons (Fsp3) is 1.00. The van der Waals surface area contributed by atoms with Crippen LogP contribution in [0.5, 0.6) is 0 Å². The van der Waals surface area contributed by atoms with Crippen LogP contribution in [-0.2, 0) is 16.5 Å². The monoisotopic (exact) mass is 212 g/mol. The van der Waals surface area contributed by atoms with Crippen LogP contribution in [0.1, 0.15) is 0 Å². The van der Waals surface area contributed by atoms with Gasteiger partial charge >= 0.3 is 27.2 Å². The van der Waals surface area contributed by atoms with Gasteiger partial charge in [-0.1, -0.05) is 0 Å². The van der Waals surface area contributed by atoms with Gasteiger partial charge in [0.25, 0.3) is 0 Å².